The lowest BCUT2D eigenvalue weighted by Crippen LogP contribution is -2.16. The Hall–Kier alpha value is -1.62. The van der Waals surface area contributed by atoms with Crippen molar-refractivity contribution in [3.63, 3.8) is 0 Å². The van der Waals surface area contributed by atoms with E-state index in [0.29, 0.717) is 6.42 Å². The number of esters is 2. The Kier molecular flexibility index (Phi) is 5.58. The van der Waals surface area contributed by atoms with E-state index in [0.717, 1.165) is 10.0 Å². The zero-order valence-corrected chi connectivity index (χ0v) is 11.7. The van der Waals surface area contributed by atoms with Crippen LogP contribution in [0, 0.1) is 0 Å². The number of benzene rings is 1. The summed E-state index contributed by atoms with van der Waals surface area (Å²) in [5.41, 5.74) is 0.870. The number of hydrogen-bond donors (Lipinski definition) is 0. The normalized spacial score (nSPS) is 9.50. The van der Waals surface area contributed by atoms with Crippen LogP contribution in [0.1, 0.15) is 5.56 Å². The largest absolute Gasteiger partial charge is 0.465 e. The molecule has 1 aromatic carbocycles. The standard InChI is InChI=1S/C13H13BrO4/c1-17-12(15)11(13(16)18-2)7-6-9-4-3-5-10(14)8-9/h3-5,7-8H,6H2,1-2H3. The minimum absolute atomic E-state index is 0.0972. The van der Waals surface area contributed by atoms with Crippen LogP contribution in [0.5, 0.6) is 0 Å². The SMILES string of the molecule is COC(=O)C(=CCc1cccc(Br)c1)C(=O)OC. The first-order valence-corrected chi connectivity index (χ1v) is 5.99. The van der Waals surface area contributed by atoms with Gasteiger partial charge in [0.15, 0.2) is 0 Å². The summed E-state index contributed by atoms with van der Waals surface area (Å²) in [5, 5.41) is 0. The van der Waals surface area contributed by atoms with Gasteiger partial charge in [-0.3, -0.25) is 0 Å². The van der Waals surface area contributed by atoms with Crippen LogP contribution in [-0.2, 0) is 25.5 Å². The summed E-state index contributed by atoms with van der Waals surface area (Å²) in [6.07, 6.45) is 1.94. The molecular weight excluding hydrogens is 300 g/mol. The molecule has 0 heterocycles. The summed E-state index contributed by atoms with van der Waals surface area (Å²) in [6, 6.07) is 7.58. The van der Waals surface area contributed by atoms with Crippen LogP contribution in [0.2, 0.25) is 0 Å². The van der Waals surface area contributed by atoms with Gasteiger partial charge in [0.05, 0.1) is 14.2 Å². The fraction of sp³-hybridized carbons (Fsp3) is 0.231. The molecule has 0 unspecified atom stereocenters. The van der Waals surface area contributed by atoms with Crippen molar-refractivity contribution in [2.45, 2.75) is 6.42 Å². The van der Waals surface area contributed by atoms with E-state index in [1.54, 1.807) is 0 Å². The Balaban J connectivity index is 2.90. The van der Waals surface area contributed by atoms with Crippen LogP contribution in [0.15, 0.2) is 40.4 Å². The van der Waals surface area contributed by atoms with E-state index < -0.39 is 11.9 Å². The van der Waals surface area contributed by atoms with Crippen molar-refractivity contribution < 1.29 is 19.1 Å². The summed E-state index contributed by atoms with van der Waals surface area (Å²) in [4.78, 5) is 22.8. The van der Waals surface area contributed by atoms with E-state index >= 15 is 0 Å². The van der Waals surface area contributed by atoms with Gasteiger partial charge in [-0.05, 0) is 24.1 Å². The first-order valence-electron chi connectivity index (χ1n) is 5.19. The Bertz CT molecular complexity index is 462. The van der Waals surface area contributed by atoms with Crippen molar-refractivity contribution in [3.8, 4) is 0 Å². The predicted octanol–water partition coefficient (Wildman–Crippen LogP) is 2.26. The summed E-state index contributed by atoms with van der Waals surface area (Å²) in [7, 11) is 2.44. The molecule has 0 amide bonds. The maximum Gasteiger partial charge on any atom is 0.344 e. The summed E-state index contributed by atoms with van der Waals surface area (Å²) < 4.78 is 10.00. The van der Waals surface area contributed by atoms with Gasteiger partial charge >= 0.3 is 11.9 Å². The van der Waals surface area contributed by atoms with Gasteiger partial charge in [-0.25, -0.2) is 9.59 Å². The quantitative estimate of drug-likeness (QED) is 0.370. The molecule has 0 radical (unpaired) electrons. The number of ether oxygens (including phenoxy) is 2. The fourth-order valence-electron chi connectivity index (χ4n) is 1.35. The highest BCUT2D eigenvalue weighted by atomic mass is 79.9. The highest BCUT2D eigenvalue weighted by molar-refractivity contribution is 9.10. The molecule has 0 aliphatic heterocycles. The molecule has 0 atom stereocenters. The van der Waals surface area contributed by atoms with Crippen molar-refractivity contribution in [1.29, 1.82) is 0 Å². The Morgan fingerprint density at radius 3 is 2.33 bits per heavy atom. The first-order chi connectivity index (χ1) is 8.58. The minimum Gasteiger partial charge on any atom is -0.465 e. The van der Waals surface area contributed by atoms with Crippen LogP contribution < -0.4 is 0 Å². The number of carbonyl (C=O) groups is 2. The number of rotatable bonds is 4. The van der Waals surface area contributed by atoms with E-state index in [1.807, 2.05) is 24.3 Å². The van der Waals surface area contributed by atoms with Gasteiger partial charge in [-0.2, -0.15) is 0 Å². The number of allylic oxidation sites excluding steroid dienone is 1. The molecule has 0 saturated heterocycles. The smallest absolute Gasteiger partial charge is 0.344 e. The zero-order valence-electron chi connectivity index (χ0n) is 10.1. The average Bonchev–Trinajstić information content (AvgIpc) is 2.38. The highest BCUT2D eigenvalue weighted by Gasteiger charge is 2.18. The maximum absolute atomic E-state index is 11.4. The van der Waals surface area contributed by atoms with Crippen molar-refractivity contribution in [2.24, 2.45) is 0 Å². The topological polar surface area (TPSA) is 52.6 Å². The van der Waals surface area contributed by atoms with E-state index in [4.69, 9.17) is 0 Å². The third-order valence-electron chi connectivity index (χ3n) is 2.24. The lowest BCUT2D eigenvalue weighted by molar-refractivity contribution is -0.144. The van der Waals surface area contributed by atoms with Gasteiger partial charge in [0, 0.05) is 4.47 Å². The molecule has 18 heavy (non-hydrogen) atoms. The second-order valence-electron chi connectivity index (χ2n) is 3.44. The lowest BCUT2D eigenvalue weighted by atomic mass is 10.1. The monoisotopic (exact) mass is 312 g/mol. The molecule has 0 fully saturated rings. The molecule has 5 heteroatoms. The highest BCUT2D eigenvalue weighted by Crippen LogP contribution is 2.13. The number of carbonyl (C=O) groups excluding carboxylic acids is 2. The van der Waals surface area contributed by atoms with Crippen LogP contribution in [0.4, 0.5) is 0 Å². The number of methoxy groups -OCH3 is 2. The summed E-state index contributed by atoms with van der Waals surface area (Å²) >= 11 is 3.35. The zero-order chi connectivity index (χ0) is 13.5. The van der Waals surface area contributed by atoms with Crippen molar-refractivity contribution in [3.05, 3.63) is 46.0 Å². The van der Waals surface area contributed by atoms with E-state index in [9.17, 15) is 9.59 Å². The molecule has 0 aromatic heterocycles. The molecule has 1 rings (SSSR count). The van der Waals surface area contributed by atoms with Crippen LogP contribution >= 0.6 is 15.9 Å². The lowest BCUT2D eigenvalue weighted by Gasteiger charge is -2.03. The molecule has 0 aliphatic rings. The molecular formula is C13H13BrO4. The third kappa shape index (κ3) is 4.00. The van der Waals surface area contributed by atoms with Gasteiger partial charge in [0.1, 0.15) is 5.57 Å². The third-order valence-corrected chi connectivity index (χ3v) is 2.73. The molecule has 4 nitrogen and oxygen atoms in total. The molecule has 96 valence electrons. The fourth-order valence-corrected chi connectivity index (χ4v) is 1.80. The maximum atomic E-state index is 11.4. The molecule has 0 aliphatic carbocycles. The number of hydrogen-bond acceptors (Lipinski definition) is 4. The summed E-state index contributed by atoms with van der Waals surface area (Å²) in [6.45, 7) is 0. The van der Waals surface area contributed by atoms with E-state index in [-0.39, 0.29) is 5.57 Å². The molecule has 1 aromatic rings. The molecule has 0 saturated carbocycles. The van der Waals surface area contributed by atoms with Gasteiger partial charge in [-0.1, -0.05) is 34.1 Å². The van der Waals surface area contributed by atoms with E-state index in [1.165, 1.54) is 20.3 Å². The molecule has 0 spiro atoms. The van der Waals surface area contributed by atoms with Crippen LogP contribution in [-0.4, -0.2) is 26.2 Å². The van der Waals surface area contributed by atoms with Crippen LogP contribution in [0.25, 0.3) is 0 Å². The minimum atomic E-state index is -0.697. The van der Waals surface area contributed by atoms with Crippen molar-refractivity contribution in [1.82, 2.24) is 0 Å². The van der Waals surface area contributed by atoms with Gasteiger partial charge in [0.2, 0.25) is 0 Å². The second kappa shape index (κ2) is 6.96. The molecule has 0 bridgehead atoms. The van der Waals surface area contributed by atoms with Gasteiger partial charge in [-0.15, -0.1) is 0 Å². The second-order valence-corrected chi connectivity index (χ2v) is 4.35. The predicted molar refractivity (Wildman–Crippen MR) is 70.0 cm³/mol. The van der Waals surface area contributed by atoms with Gasteiger partial charge in [0.25, 0.3) is 0 Å². The average molecular weight is 313 g/mol. The Morgan fingerprint density at radius 2 is 1.83 bits per heavy atom. The first kappa shape index (κ1) is 14.4. The van der Waals surface area contributed by atoms with E-state index in [2.05, 4.69) is 25.4 Å². The van der Waals surface area contributed by atoms with Crippen LogP contribution in [0.3, 0.4) is 0 Å². The Labute approximate surface area is 114 Å². The summed E-state index contributed by atoms with van der Waals surface area (Å²) in [5.74, 6) is -1.39. The van der Waals surface area contributed by atoms with Gasteiger partial charge < -0.3 is 9.47 Å². The molecule has 0 N–H and O–H groups in total. The Morgan fingerprint density at radius 1 is 1.22 bits per heavy atom. The van der Waals surface area contributed by atoms with Crippen molar-refractivity contribution in [2.75, 3.05) is 14.2 Å². The van der Waals surface area contributed by atoms with Crippen molar-refractivity contribution >= 4 is 27.9 Å². The number of halogens is 1.